The lowest BCUT2D eigenvalue weighted by Gasteiger charge is -2.14. The van der Waals surface area contributed by atoms with E-state index in [1.165, 1.54) is 12.1 Å². The molecule has 0 atom stereocenters. The predicted octanol–water partition coefficient (Wildman–Crippen LogP) is 0.881. The molecule has 0 aliphatic rings. The van der Waals surface area contributed by atoms with E-state index < -0.39 is 16.6 Å². The largest absolute Gasteiger partial charge is 0.494 e. The molecular weight excluding hydrogens is 356 g/mol. The summed E-state index contributed by atoms with van der Waals surface area (Å²) in [5, 5.41) is 13.3. The highest BCUT2D eigenvalue weighted by molar-refractivity contribution is 7.72. The molecular formula is C17H26N4O4S. The van der Waals surface area contributed by atoms with Gasteiger partial charge in [-0.3, -0.25) is 4.79 Å². The van der Waals surface area contributed by atoms with E-state index in [-0.39, 0.29) is 28.5 Å². The van der Waals surface area contributed by atoms with Gasteiger partial charge in [0, 0.05) is 19.2 Å². The van der Waals surface area contributed by atoms with Crippen molar-refractivity contribution in [2.75, 3.05) is 13.7 Å². The van der Waals surface area contributed by atoms with Gasteiger partial charge in [0.1, 0.15) is 11.4 Å². The molecule has 1 amide bonds. The highest BCUT2D eigenvalue weighted by Crippen LogP contribution is 2.21. The third-order valence-corrected chi connectivity index (χ3v) is 4.27. The molecule has 0 bridgehead atoms. The van der Waals surface area contributed by atoms with Crippen molar-refractivity contribution in [3.05, 3.63) is 35.2 Å². The smallest absolute Gasteiger partial charge is 0.269 e. The molecule has 1 aromatic rings. The summed E-state index contributed by atoms with van der Waals surface area (Å²) in [5.41, 5.74) is 6.82. The van der Waals surface area contributed by atoms with Crippen molar-refractivity contribution in [1.29, 1.82) is 5.41 Å². The van der Waals surface area contributed by atoms with E-state index in [4.69, 9.17) is 15.9 Å². The lowest BCUT2D eigenvalue weighted by Crippen LogP contribution is -2.34. The number of hydrogen-bond acceptors (Lipinski definition) is 7. The first-order valence-corrected chi connectivity index (χ1v) is 9.46. The lowest BCUT2D eigenvalue weighted by molar-refractivity contribution is -0.118. The number of benzene rings is 1. The van der Waals surface area contributed by atoms with Gasteiger partial charge in [0.25, 0.3) is 5.91 Å². The van der Waals surface area contributed by atoms with E-state index in [2.05, 4.69) is 10.6 Å². The summed E-state index contributed by atoms with van der Waals surface area (Å²) in [6.07, 6.45) is 1.22. The van der Waals surface area contributed by atoms with E-state index in [0.29, 0.717) is 24.3 Å². The minimum atomic E-state index is -2.74. The van der Waals surface area contributed by atoms with Gasteiger partial charge < -0.3 is 26.5 Å². The zero-order chi connectivity index (χ0) is 19.7. The van der Waals surface area contributed by atoms with Crippen molar-refractivity contribution < 1.29 is 17.9 Å². The van der Waals surface area contributed by atoms with Gasteiger partial charge in [0.05, 0.1) is 22.9 Å². The summed E-state index contributed by atoms with van der Waals surface area (Å²) in [6, 6.07) is 4.47. The van der Waals surface area contributed by atoms with E-state index in [1.54, 1.807) is 13.1 Å². The predicted molar refractivity (Wildman–Crippen MR) is 101 cm³/mol. The maximum absolute atomic E-state index is 12.4. The molecule has 0 saturated heterocycles. The molecule has 0 saturated carbocycles. The number of hydrogen-bond donors (Lipinski definition) is 5. The van der Waals surface area contributed by atoms with Crippen LogP contribution < -0.4 is 21.1 Å². The first-order valence-electron chi connectivity index (χ1n) is 8.29. The van der Waals surface area contributed by atoms with E-state index >= 15 is 0 Å². The maximum atomic E-state index is 12.4. The van der Waals surface area contributed by atoms with Crippen LogP contribution in [0.4, 0.5) is 0 Å². The number of thiol groups is 1. The fourth-order valence-electron chi connectivity index (χ4n) is 2.28. The summed E-state index contributed by atoms with van der Waals surface area (Å²) >= 11 is 0. The number of carbonyl (C=O) groups excluding carboxylic acids is 1. The molecule has 0 fully saturated rings. The van der Waals surface area contributed by atoms with Crippen LogP contribution in [0.25, 0.3) is 0 Å². The molecule has 0 aromatic heterocycles. The van der Waals surface area contributed by atoms with Gasteiger partial charge in [-0.05, 0) is 31.5 Å². The first kappa shape index (κ1) is 21.5. The second kappa shape index (κ2) is 10.4. The second-order valence-corrected chi connectivity index (χ2v) is 6.46. The zero-order valence-corrected chi connectivity index (χ0v) is 16.1. The first-order chi connectivity index (χ1) is 12.3. The van der Waals surface area contributed by atoms with Crippen molar-refractivity contribution >= 4 is 22.3 Å². The van der Waals surface area contributed by atoms with Crippen molar-refractivity contribution in [2.24, 2.45) is 5.73 Å². The number of likely N-dealkylation sites (N-methyl/N-ethyl adjacent to an activating group) is 1. The lowest BCUT2D eigenvalue weighted by atomic mass is 10.1. The molecule has 0 unspecified atom stereocenters. The standard InChI is InChI=1S/C17H26N4O4S/c1-4-6-13(18)15(19)16(20-3)17(22)21-10-11-9-12(26(23)24)7-8-14(11)25-5-2/h7-9,18,20,26H,4-6,10,19H2,1-3H3,(H,21,22)/b16-15+,18-13?. The number of allylic oxidation sites excluding steroid dienone is 1. The van der Waals surface area contributed by atoms with Crippen LogP contribution in [0.5, 0.6) is 5.75 Å². The molecule has 0 aliphatic carbocycles. The van der Waals surface area contributed by atoms with Crippen LogP contribution >= 0.6 is 0 Å². The summed E-state index contributed by atoms with van der Waals surface area (Å²) in [5.74, 6) is 0.0142. The molecule has 144 valence electrons. The van der Waals surface area contributed by atoms with Gasteiger partial charge in [-0.25, -0.2) is 8.42 Å². The van der Waals surface area contributed by atoms with Crippen LogP contribution in [0.2, 0.25) is 0 Å². The Kier molecular flexibility index (Phi) is 8.63. The Balaban J connectivity index is 3.02. The molecule has 0 spiro atoms. The van der Waals surface area contributed by atoms with Crippen molar-refractivity contribution in [3.63, 3.8) is 0 Å². The Morgan fingerprint density at radius 1 is 1.31 bits per heavy atom. The SMILES string of the molecule is CCCC(=N)/C(N)=C(\NC)C(=O)NCc1cc([SH](=O)=O)ccc1OCC. The average Bonchev–Trinajstić information content (AvgIpc) is 2.61. The van der Waals surface area contributed by atoms with E-state index in [0.717, 1.165) is 6.42 Å². The van der Waals surface area contributed by atoms with Crippen LogP contribution in [-0.4, -0.2) is 33.7 Å². The molecule has 0 heterocycles. The van der Waals surface area contributed by atoms with Crippen LogP contribution in [0.1, 0.15) is 32.3 Å². The number of amides is 1. The molecule has 0 radical (unpaired) electrons. The van der Waals surface area contributed by atoms with Gasteiger partial charge in [-0.2, -0.15) is 0 Å². The number of nitrogens with one attached hydrogen (secondary N) is 3. The minimum absolute atomic E-state index is 0.0603. The highest BCUT2D eigenvalue weighted by atomic mass is 32.2. The Bertz CT molecular complexity index is 764. The number of nitrogens with two attached hydrogens (primary N) is 1. The summed E-state index contributed by atoms with van der Waals surface area (Å²) in [6.45, 7) is 4.20. The Morgan fingerprint density at radius 3 is 2.54 bits per heavy atom. The third kappa shape index (κ3) is 5.76. The summed E-state index contributed by atoms with van der Waals surface area (Å²) < 4.78 is 27.9. The van der Waals surface area contributed by atoms with Gasteiger partial charge >= 0.3 is 0 Å². The Morgan fingerprint density at radius 2 is 2.00 bits per heavy atom. The van der Waals surface area contributed by atoms with Crippen LogP contribution in [0.3, 0.4) is 0 Å². The van der Waals surface area contributed by atoms with Crippen LogP contribution in [0, 0.1) is 5.41 Å². The quantitative estimate of drug-likeness (QED) is 0.232. The fourth-order valence-corrected chi connectivity index (χ4v) is 2.74. The fraction of sp³-hybridized carbons (Fsp3) is 0.412. The molecule has 1 aromatic carbocycles. The molecule has 26 heavy (non-hydrogen) atoms. The Labute approximate surface area is 155 Å². The topological polar surface area (TPSA) is 134 Å². The molecule has 1 rings (SSSR count). The van der Waals surface area contributed by atoms with E-state index in [9.17, 15) is 13.2 Å². The molecule has 8 nitrogen and oxygen atoms in total. The Hall–Kier alpha value is -2.55. The molecule has 9 heteroatoms. The van der Waals surface area contributed by atoms with Crippen molar-refractivity contribution in [2.45, 2.75) is 38.1 Å². The zero-order valence-electron chi connectivity index (χ0n) is 15.2. The summed E-state index contributed by atoms with van der Waals surface area (Å²) in [7, 11) is -1.19. The minimum Gasteiger partial charge on any atom is -0.494 e. The van der Waals surface area contributed by atoms with Crippen LogP contribution in [-0.2, 0) is 22.0 Å². The monoisotopic (exact) mass is 382 g/mol. The normalized spacial score (nSPS) is 11.7. The van der Waals surface area contributed by atoms with Crippen LogP contribution in [0.15, 0.2) is 34.5 Å². The second-order valence-electron chi connectivity index (χ2n) is 5.43. The van der Waals surface area contributed by atoms with Gasteiger partial charge in [0.15, 0.2) is 10.7 Å². The number of carbonyl (C=O) groups is 1. The van der Waals surface area contributed by atoms with Gasteiger partial charge in [-0.15, -0.1) is 0 Å². The van der Waals surface area contributed by atoms with Crippen molar-refractivity contribution in [1.82, 2.24) is 10.6 Å². The van der Waals surface area contributed by atoms with E-state index in [1.807, 2.05) is 13.8 Å². The van der Waals surface area contributed by atoms with Crippen molar-refractivity contribution in [3.8, 4) is 5.75 Å². The number of rotatable bonds is 10. The average molecular weight is 382 g/mol. The maximum Gasteiger partial charge on any atom is 0.269 e. The number of ether oxygens (including phenoxy) is 1. The van der Waals surface area contributed by atoms with Gasteiger partial charge in [0.2, 0.25) is 0 Å². The third-order valence-electron chi connectivity index (χ3n) is 3.57. The van der Waals surface area contributed by atoms with Gasteiger partial charge in [-0.1, -0.05) is 13.3 Å². The summed E-state index contributed by atoms with van der Waals surface area (Å²) in [4.78, 5) is 12.6. The highest BCUT2D eigenvalue weighted by Gasteiger charge is 2.16. The molecule has 0 aliphatic heterocycles. The molecule has 5 N–H and O–H groups in total.